The molecule has 2 rings (SSSR count). The molecule has 0 aliphatic carbocycles. The van der Waals surface area contributed by atoms with Crippen molar-refractivity contribution in [1.29, 1.82) is 0 Å². The predicted octanol–water partition coefficient (Wildman–Crippen LogP) is 1.48. The van der Waals surface area contributed by atoms with Gasteiger partial charge in [-0.3, -0.25) is 14.5 Å². The summed E-state index contributed by atoms with van der Waals surface area (Å²) in [6.07, 6.45) is 6.40. The molecule has 0 radical (unpaired) electrons. The molecule has 2 aromatic heterocycles. The molecule has 0 bridgehead atoms. The summed E-state index contributed by atoms with van der Waals surface area (Å²) in [5, 5.41) is 4.01. The fraction of sp³-hybridized carbons (Fsp3) is 0.357. The minimum Gasteiger partial charge on any atom is -0.489 e. The Hall–Kier alpha value is -2.21. The van der Waals surface area contributed by atoms with Gasteiger partial charge in [0.1, 0.15) is 5.75 Å². The van der Waals surface area contributed by atoms with Crippen LogP contribution in [0, 0.1) is 0 Å². The van der Waals surface area contributed by atoms with Crippen molar-refractivity contribution in [3.63, 3.8) is 0 Å². The quantitative estimate of drug-likeness (QED) is 0.835. The largest absolute Gasteiger partial charge is 0.489 e. The predicted molar refractivity (Wildman–Crippen MR) is 74.5 cm³/mol. The van der Waals surface area contributed by atoms with Gasteiger partial charge in [-0.25, -0.2) is 0 Å². The zero-order valence-electron chi connectivity index (χ0n) is 11.8. The first-order valence-electron chi connectivity index (χ1n) is 6.37. The molecule has 6 nitrogen and oxygen atoms in total. The molecule has 0 saturated carbocycles. The number of ether oxygens (including phenoxy) is 1. The third-order valence-corrected chi connectivity index (χ3v) is 2.74. The highest BCUT2D eigenvalue weighted by Gasteiger charge is 2.20. The molecule has 6 heteroatoms. The first-order valence-corrected chi connectivity index (χ1v) is 6.37. The van der Waals surface area contributed by atoms with Gasteiger partial charge in [-0.15, -0.1) is 0 Å². The molecule has 0 aromatic carbocycles. The number of aromatic nitrogens is 3. The van der Waals surface area contributed by atoms with Crippen molar-refractivity contribution in [2.75, 3.05) is 0 Å². The molecule has 0 fully saturated rings. The maximum atomic E-state index is 12.3. The van der Waals surface area contributed by atoms with Crippen LogP contribution in [0.2, 0.25) is 0 Å². The molecule has 0 amide bonds. The fourth-order valence-corrected chi connectivity index (χ4v) is 1.82. The number of pyridine rings is 1. The summed E-state index contributed by atoms with van der Waals surface area (Å²) >= 11 is 0. The Bertz CT molecular complexity index is 607. The molecular formula is C14H18N4O2. The average molecular weight is 274 g/mol. The van der Waals surface area contributed by atoms with Gasteiger partial charge < -0.3 is 10.5 Å². The van der Waals surface area contributed by atoms with Crippen LogP contribution in [0.4, 0.5) is 0 Å². The van der Waals surface area contributed by atoms with Crippen molar-refractivity contribution in [2.24, 2.45) is 12.8 Å². The topological polar surface area (TPSA) is 83.0 Å². The van der Waals surface area contributed by atoms with E-state index in [1.165, 1.54) is 6.20 Å². The summed E-state index contributed by atoms with van der Waals surface area (Å²) in [5.41, 5.74) is 7.07. The fourth-order valence-electron chi connectivity index (χ4n) is 1.82. The Labute approximate surface area is 117 Å². The minimum atomic E-state index is -0.750. The molecule has 0 aliphatic heterocycles. The van der Waals surface area contributed by atoms with Gasteiger partial charge in [0.15, 0.2) is 5.78 Å². The van der Waals surface area contributed by atoms with Crippen molar-refractivity contribution in [1.82, 2.24) is 14.8 Å². The van der Waals surface area contributed by atoms with Crippen LogP contribution in [0.5, 0.6) is 5.75 Å². The first kappa shape index (κ1) is 14.2. The zero-order chi connectivity index (χ0) is 14.7. The number of nitrogens with zero attached hydrogens (tertiary/aromatic N) is 3. The lowest BCUT2D eigenvalue weighted by molar-refractivity contribution is 0.0960. The van der Waals surface area contributed by atoms with E-state index in [0.29, 0.717) is 16.9 Å². The van der Waals surface area contributed by atoms with Crippen molar-refractivity contribution < 1.29 is 9.53 Å². The van der Waals surface area contributed by atoms with Crippen LogP contribution in [0.15, 0.2) is 30.9 Å². The average Bonchev–Trinajstić information content (AvgIpc) is 2.83. The maximum Gasteiger partial charge on any atom is 0.185 e. The van der Waals surface area contributed by atoms with Gasteiger partial charge >= 0.3 is 0 Å². The Kier molecular flexibility index (Phi) is 4.14. The Morgan fingerprint density at radius 1 is 1.35 bits per heavy atom. The molecule has 2 heterocycles. The number of hydrogen-bond donors (Lipinski definition) is 1. The number of carbonyl (C=O) groups excluding carboxylic acids is 1. The van der Waals surface area contributed by atoms with Gasteiger partial charge in [-0.2, -0.15) is 5.10 Å². The highest BCUT2D eigenvalue weighted by atomic mass is 16.5. The number of hydrogen-bond acceptors (Lipinski definition) is 5. The Balaban J connectivity index is 2.20. The summed E-state index contributed by atoms with van der Waals surface area (Å²) in [7, 11) is 1.78. The molecule has 2 aromatic rings. The van der Waals surface area contributed by atoms with Crippen LogP contribution in [0.3, 0.4) is 0 Å². The zero-order valence-corrected chi connectivity index (χ0v) is 11.8. The number of rotatable bonds is 5. The third kappa shape index (κ3) is 3.21. The van der Waals surface area contributed by atoms with Crippen LogP contribution in [0.25, 0.3) is 0 Å². The normalized spacial score (nSPS) is 12.4. The Morgan fingerprint density at radius 2 is 2.10 bits per heavy atom. The first-order chi connectivity index (χ1) is 9.47. The van der Waals surface area contributed by atoms with Crippen LogP contribution < -0.4 is 10.5 Å². The van der Waals surface area contributed by atoms with E-state index in [-0.39, 0.29) is 11.9 Å². The second-order valence-corrected chi connectivity index (χ2v) is 4.87. The monoisotopic (exact) mass is 274 g/mol. The summed E-state index contributed by atoms with van der Waals surface area (Å²) in [4.78, 5) is 16.4. The van der Waals surface area contributed by atoms with Gasteiger partial charge in [0.25, 0.3) is 0 Å². The summed E-state index contributed by atoms with van der Waals surface area (Å²) in [6.45, 7) is 3.83. The molecule has 1 atom stereocenters. The molecule has 0 saturated heterocycles. The molecule has 1 unspecified atom stereocenters. The van der Waals surface area contributed by atoms with Gasteiger partial charge in [-0.1, -0.05) is 0 Å². The van der Waals surface area contributed by atoms with Crippen molar-refractivity contribution in [3.05, 3.63) is 42.0 Å². The third-order valence-electron chi connectivity index (χ3n) is 2.74. The van der Waals surface area contributed by atoms with Crippen molar-refractivity contribution in [3.8, 4) is 5.75 Å². The van der Waals surface area contributed by atoms with E-state index in [0.717, 1.165) is 0 Å². The highest BCUT2D eigenvalue weighted by Crippen LogP contribution is 2.19. The standard InChI is InChI=1S/C14H18N4O2/c1-9(2)20-12-4-10(5-16-7-12)14(19)13(15)11-6-17-18(3)8-11/h4-9,13H,15H2,1-3H3. The minimum absolute atomic E-state index is 0.0224. The van der Waals surface area contributed by atoms with Crippen LogP contribution in [0.1, 0.15) is 35.8 Å². The van der Waals surface area contributed by atoms with Gasteiger partial charge in [0, 0.05) is 30.6 Å². The van der Waals surface area contributed by atoms with E-state index in [2.05, 4.69) is 10.1 Å². The van der Waals surface area contributed by atoms with E-state index in [1.54, 1.807) is 36.4 Å². The summed E-state index contributed by atoms with van der Waals surface area (Å²) in [5.74, 6) is 0.351. The molecule has 0 spiro atoms. The lowest BCUT2D eigenvalue weighted by Gasteiger charge is -2.12. The maximum absolute atomic E-state index is 12.3. The van der Waals surface area contributed by atoms with Gasteiger partial charge in [0.05, 0.1) is 24.5 Å². The van der Waals surface area contributed by atoms with E-state index in [4.69, 9.17) is 10.5 Å². The number of aryl methyl sites for hydroxylation is 1. The van der Waals surface area contributed by atoms with Crippen LogP contribution >= 0.6 is 0 Å². The van der Waals surface area contributed by atoms with Crippen LogP contribution in [-0.2, 0) is 7.05 Å². The number of nitrogens with two attached hydrogens (primary N) is 1. The second-order valence-electron chi connectivity index (χ2n) is 4.87. The van der Waals surface area contributed by atoms with Crippen LogP contribution in [-0.4, -0.2) is 26.7 Å². The van der Waals surface area contributed by atoms with E-state index < -0.39 is 6.04 Å². The SMILES string of the molecule is CC(C)Oc1cncc(C(=O)C(N)c2cnn(C)c2)c1. The smallest absolute Gasteiger partial charge is 0.185 e. The van der Waals surface area contributed by atoms with E-state index in [9.17, 15) is 4.79 Å². The lowest BCUT2D eigenvalue weighted by atomic mass is 10.0. The summed E-state index contributed by atoms with van der Waals surface area (Å²) < 4.78 is 7.13. The van der Waals surface area contributed by atoms with E-state index >= 15 is 0 Å². The van der Waals surface area contributed by atoms with Gasteiger partial charge in [0.2, 0.25) is 0 Å². The Morgan fingerprint density at radius 3 is 2.70 bits per heavy atom. The van der Waals surface area contributed by atoms with E-state index in [1.807, 2.05) is 13.8 Å². The molecule has 0 aliphatic rings. The van der Waals surface area contributed by atoms with Crippen molar-refractivity contribution >= 4 is 5.78 Å². The molecular weight excluding hydrogens is 256 g/mol. The highest BCUT2D eigenvalue weighted by molar-refractivity contribution is 6.00. The number of ketones is 1. The number of carbonyl (C=O) groups is 1. The number of Topliss-reactive ketones (excluding diaryl/α,β-unsaturated/α-hetero) is 1. The second kappa shape index (κ2) is 5.83. The van der Waals surface area contributed by atoms with Crippen molar-refractivity contribution in [2.45, 2.75) is 26.0 Å². The van der Waals surface area contributed by atoms with Gasteiger partial charge in [-0.05, 0) is 19.9 Å². The molecule has 20 heavy (non-hydrogen) atoms. The molecule has 2 N–H and O–H groups in total. The molecule has 106 valence electrons. The summed E-state index contributed by atoms with van der Waals surface area (Å²) in [6, 6.07) is 0.908. The lowest BCUT2D eigenvalue weighted by Crippen LogP contribution is -2.21.